The number of amides is 1. The Morgan fingerprint density at radius 3 is 3.00 bits per heavy atom. The van der Waals surface area contributed by atoms with Gasteiger partial charge < -0.3 is 19.1 Å². The Morgan fingerprint density at radius 2 is 2.21 bits per heavy atom. The molecule has 2 fully saturated rings. The normalized spacial score (nSPS) is 26.7. The number of para-hydroxylation sites is 1. The van der Waals surface area contributed by atoms with Gasteiger partial charge in [0.25, 0.3) is 5.91 Å². The topological polar surface area (TPSA) is 48.0 Å². The highest BCUT2D eigenvalue weighted by molar-refractivity contribution is 5.78. The lowest BCUT2D eigenvalue weighted by Crippen LogP contribution is -2.58. The van der Waals surface area contributed by atoms with Gasteiger partial charge in [-0.15, -0.1) is 0 Å². The van der Waals surface area contributed by atoms with Crippen LogP contribution in [-0.4, -0.2) is 56.4 Å². The van der Waals surface area contributed by atoms with Crippen LogP contribution >= 0.6 is 0 Å². The van der Waals surface area contributed by atoms with E-state index in [0.717, 1.165) is 38.2 Å². The lowest BCUT2D eigenvalue weighted by Gasteiger charge is -2.50. The van der Waals surface area contributed by atoms with Crippen molar-refractivity contribution in [2.45, 2.75) is 32.3 Å². The number of hydrogen-bond acceptors (Lipinski definition) is 4. The van der Waals surface area contributed by atoms with Crippen molar-refractivity contribution in [3.05, 3.63) is 30.3 Å². The molecule has 2 atom stereocenters. The average molecular weight is 333 g/mol. The van der Waals surface area contributed by atoms with Crippen molar-refractivity contribution >= 4 is 5.91 Å². The van der Waals surface area contributed by atoms with Crippen LogP contribution in [0, 0.1) is 5.41 Å². The summed E-state index contributed by atoms with van der Waals surface area (Å²) in [6.07, 6.45) is 3.17. The summed E-state index contributed by atoms with van der Waals surface area (Å²) in [5.74, 6) is 0.768. The molecule has 2 unspecified atom stereocenters. The Labute approximate surface area is 143 Å². The van der Waals surface area contributed by atoms with E-state index in [1.165, 1.54) is 0 Å². The molecule has 0 aliphatic carbocycles. The molecule has 5 nitrogen and oxygen atoms in total. The van der Waals surface area contributed by atoms with E-state index in [0.29, 0.717) is 19.8 Å². The van der Waals surface area contributed by atoms with E-state index >= 15 is 0 Å². The van der Waals surface area contributed by atoms with Crippen molar-refractivity contribution in [3.8, 4) is 5.75 Å². The highest BCUT2D eigenvalue weighted by atomic mass is 16.5. The first-order valence-electron chi connectivity index (χ1n) is 8.88. The summed E-state index contributed by atoms with van der Waals surface area (Å²) in [5, 5.41) is 0. The van der Waals surface area contributed by atoms with Crippen LogP contribution in [0.5, 0.6) is 5.75 Å². The summed E-state index contributed by atoms with van der Waals surface area (Å²) in [6.45, 7) is 5.71. The van der Waals surface area contributed by atoms with Crippen molar-refractivity contribution < 1.29 is 19.0 Å². The van der Waals surface area contributed by atoms with Crippen LogP contribution < -0.4 is 4.74 Å². The maximum Gasteiger partial charge on any atom is 0.260 e. The van der Waals surface area contributed by atoms with E-state index in [1.54, 1.807) is 0 Å². The maximum atomic E-state index is 12.6. The monoisotopic (exact) mass is 333 g/mol. The highest BCUT2D eigenvalue weighted by Gasteiger charge is 2.47. The number of carbonyl (C=O) groups excluding carboxylic acids is 1. The number of piperidine rings is 1. The molecular weight excluding hydrogens is 306 g/mol. The van der Waals surface area contributed by atoms with E-state index in [4.69, 9.17) is 14.2 Å². The Balaban J connectivity index is 1.60. The van der Waals surface area contributed by atoms with E-state index < -0.39 is 0 Å². The molecule has 0 radical (unpaired) electrons. The number of rotatable bonds is 6. The van der Waals surface area contributed by atoms with Gasteiger partial charge in [0.2, 0.25) is 0 Å². The van der Waals surface area contributed by atoms with Crippen LogP contribution in [0.15, 0.2) is 30.3 Å². The molecule has 0 N–H and O–H groups in total. The van der Waals surface area contributed by atoms with Crippen molar-refractivity contribution in [1.82, 2.24) is 4.90 Å². The van der Waals surface area contributed by atoms with Crippen molar-refractivity contribution in [2.75, 3.05) is 39.5 Å². The van der Waals surface area contributed by atoms with Crippen molar-refractivity contribution in [1.29, 1.82) is 0 Å². The summed E-state index contributed by atoms with van der Waals surface area (Å²) in [4.78, 5) is 14.5. The van der Waals surface area contributed by atoms with Gasteiger partial charge in [0.15, 0.2) is 6.61 Å². The molecule has 5 heteroatoms. The molecule has 132 valence electrons. The largest absolute Gasteiger partial charge is 0.484 e. The van der Waals surface area contributed by atoms with Crippen LogP contribution in [0.1, 0.15) is 26.2 Å². The zero-order valence-corrected chi connectivity index (χ0v) is 14.4. The fraction of sp³-hybridized carbons (Fsp3) is 0.632. The van der Waals surface area contributed by atoms with Gasteiger partial charge in [-0.05, 0) is 38.3 Å². The number of fused-ring (bicyclic) bond motifs is 1. The molecule has 1 aromatic rings. The zero-order chi connectivity index (χ0) is 16.8. The second-order valence-corrected chi connectivity index (χ2v) is 6.67. The molecule has 2 heterocycles. The minimum absolute atomic E-state index is 0.0405. The smallest absolute Gasteiger partial charge is 0.260 e. The second-order valence-electron chi connectivity index (χ2n) is 6.67. The SMILES string of the molecule is CCOCC12CCCOC1CCN(C(=O)COc1ccccc1)C2. The number of hydrogen-bond donors (Lipinski definition) is 0. The van der Waals surface area contributed by atoms with Gasteiger partial charge in [-0.2, -0.15) is 0 Å². The Kier molecular flexibility index (Phi) is 5.74. The number of ether oxygens (including phenoxy) is 3. The predicted molar refractivity (Wildman–Crippen MR) is 91.0 cm³/mol. The van der Waals surface area contributed by atoms with Gasteiger partial charge in [-0.3, -0.25) is 4.79 Å². The average Bonchev–Trinajstić information content (AvgIpc) is 2.65. The Morgan fingerprint density at radius 1 is 1.38 bits per heavy atom. The van der Waals surface area contributed by atoms with Gasteiger partial charge in [0, 0.05) is 31.7 Å². The summed E-state index contributed by atoms with van der Waals surface area (Å²) in [5.41, 5.74) is -0.0606. The number of benzene rings is 1. The van der Waals surface area contributed by atoms with Gasteiger partial charge >= 0.3 is 0 Å². The fourth-order valence-electron chi connectivity index (χ4n) is 3.77. The van der Waals surface area contributed by atoms with Gasteiger partial charge in [-0.1, -0.05) is 18.2 Å². The standard InChI is InChI=1S/C19H27NO4/c1-2-22-15-19-10-6-12-23-17(19)9-11-20(14-19)18(21)13-24-16-7-4-3-5-8-16/h3-5,7-8,17H,2,6,9-15H2,1H3. The quantitative estimate of drug-likeness (QED) is 0.802. The van der Waals surface area contributed by atoms with Crippen LogP contribution in [0.3, 0.4) is 0 Å². The van der Waals surface area contributed by atoms with Crippen molar-refractivity contribution in [2.24, 2.45) is 5.41 Å². The first-order chi connectivity index (χ1) is 11.7. The number of nitrogens with zero attached hydrogens (tertiary/aromatic N) is 1. The molecular formula is C19H27NO4. The number of carbonyl (C=O) groups is 1. The van der Waals surface area contributed by atoms with Crippen LogP contribution in [-0.2, 0) is 14.3 Å². The lowest BCUT2D eigenvalue weighted by molar-refractivity contribution is -0.165. The third-order valence-electron chi connectivity index (χ3n) is 5.04. The summed E-state index contributed by atoms with van der Waals surface area (Å²) in [7, 11) is 0. The Hall–Kier alpha value is -1.59. The lowest BCUT2D eigenvalue weighted by atomic mass is 9.73. The molecule has 1 amide bonds. The third kappa shape index (κ3) is 3.90. The molecule has 1 aromatic carbocycles. The fourth-order valence-corrected chi connectivity index (χ4v) is 3.77. The van der Waals surface area contributed by atoms with Crippen LogP contribution in [0.25, 0.3) is 0 Å². The molecule has 2 aliphatic heterocycles. The minimum Gasteiger partial charge on any atom is -0.484 e. The molecule has 0 aromatic heterocycles. The number of likely N-dealkylation sites (tertiary alicyclic amines) is 1. The van der Waals surface area contributed by atoms with E-state index in [9.17, 15) is 4.79 Å². The molecule has 0 saturated carbocycles. The molecule has 2 aliphatic rings. The summed E-state index contributed by atoms with van der Waals surface area (Å²) < 4.78 is 17.3. The zero-order valence-electron chi connectivity index (χ0n) is 14.4. The molecule has 2 saturated heterocycles. The summed E-state index contributed by atoms with van der Waals surface area (Å²) in [6, 6.07) is 9.47. The maximum absolute atomic E-state index is 12.6. The molecule has 0 spiro atoms. The predicted octanol–water partition coefficient (Wildman–Crippen LogP) is 2.50. The first kappa shape index (κ1) is 17.2. The van der Waals surface area contributed by atoms with Crippen LogP contribution in [0.2, 0.25) is 0 Å². The first-order valence-corrected chi connectivity index (χ1v) is 8.88. The van der Waals surface area contributed by atoms with E-state index in [-0.39, 0.29) is 24.0 Å². The van der Waals surface area contributed by atoms with Gasteiger partial charge in [0.05, 0.1) is 12.7 Å². The van der Waals surface area contributed by atoms with E-state index in [1.807, 2.05) is 42.2 Å². The molecule has 3 rings (SSSR count). The summed E-state index contributed by atoms with van der Waals surface area (Å²) >= 11 is 0. The van der Waals surface area contributed by atoms with E-state index in [2.05, 4.69) is 0 Å². The third-order valence-corrected chi connectivity index (χ3v) is 5.04. The molecule has 24 heavy (non-hydrogen) atoms. The molecule has 0 bridgehead atoms. The minimum atomic E-state index is -0.0606. The van der Waals surface area contributed by atoms with Gasteiger partial charge in [-0.25, -0.2) is 0 Å². The Bertz CT molecular complexity index is 535. The van der Waals surface area contributed by atoms with Crippen LogP contribution in [0.4, 0.5) is 0 Å². The van der Waals surface area contributed by atoms with Gasteiger partial charge in [0.1, 0.15) is 5.75 Å². The highest BCUT2D eigenvalue weighted by Crippen LogP contribution is 2.40. The second kappa shape index (κ2) is 7.99. The van der Waals surface area contributed by atoms with Crippen molar-refractivity contribution in [3.63, 3.8) is 0 Å².